The van der Waals surface area contributed by atoms with E-state index >= 15 is 0 Å². The van der Waals surface area contributed by atoms with E-state index in [1.165, 1.54) is 5.56 Å². The maximum Gasteiger partial charge on any atom is 0.141 e. The van der Waals surface area contributed by atoms with Gasteiger partial charge in [-0.05, 0) is 54.2 Å². The van der Waals surface area contributed by atoms with Crippen molar-refractivity contribution < 1.29 is 5.11 Å². The van der Waals surface area contributed by atoms with Gasteiger partial charge in [0.05, 0.1) is 16.3 Å². The van der Waals surface area contributed by atoms with E-state index in [9.17, 15) is 5.11 Å². The molecule has 0 aliphatic heterocycles. The third-order valence-electron chi connectivity index (χ3n) is 4.61. The van der Waals surface area contributed by atoms with Crippen molar-refractivity contribution in [3.8, 4) is 5.75 Å². The fraction of sp³-hybridized carbons (Fsp3) is 0.130. The van der Waals surface area contributed by atoms with Crippen LogP contribution in [0.2, 0.25) is 0 Å². The number of thiophene rings is 1. The van der Waals surface area contributed by atoms with Crippen molar-refractivity contribution in [2.45, 2.75) is 13.0 Å². The first-order valence-corrected chi connectivity index (χ1v) is 10.3. The Morgan fingerprint density at radius 2 is 1.90 bits per heavy atom. The molecule has 0 saturated carbocycles. The molecule has 4 N–H and O–H groups in total. The van der Waals surface area contributed by atoms with Crippen LogP contribution in [-0.4, -0.2) is 22.5 Å². The lowest BCUT2D eigenvalue weighted by atomic mass is 10.1. The van der Waals surface area contributed by atoms with Crippen molar-refractivity contribution in [1.82, 2.24) is 10.3 Å². The summed E-state index contributed by atoms with van der Waals surface area (Å²) >= 11 is 1.58. The summed E-state index contributed by atoms with van der Waals surface area (Å²) < 4.78 is 0. The molecule has 2 heterocycles. The van der Waals surface area contributed by atoms with Gasteiger partial charge < -0.3 is 16.2 Å². The number of aliphatic imine (C=N–C) groups is 1. The van der Waals surface area contributed by atoms with Gasteiger partial charge in [0, 0.05) is 11.9 Å². The number of benzene rings is 2. The topological polar surface area (TPSA) is 83.5 Å². The fourth-order valence-corrected chi connectivity index (χ4v) is 3.70. The normalized spacial score (nSPS) is 11.8. The first-order valence-electron chi connectivity index (χ1n) is 9.44. The minimum atomic E-state index is 0.215. The molecule has 0 aliphatic rings. The molecule has 0 atom stereocenters. The summed E-state index contributed by atoms with van der Waals surface area (Å²) in [7, 11) is 0. The zero-order valence-electron chi connectivity index (χ0n) is 15.9. The minimum absolute atomic E-state index is 0.215. The predicted octanol–water partition coefficient (Wildman–Crippen LogP) is 4.37. The Morgan fingerprint density at radius 1 is 1.03 bits per heavy atom. The Hall–Kier alpha value is -3.22. The van der Waals surface area contributed by atoms with Crippen LogP contribution in [-0.2, 0) is 13.0 Å². The number of phenols is 1. The van der Waals surface area contributed by atoms with E-state index in [1.54, 1.807) is 17.4 Å². The Bertz CT molecular complexity index is 1120. The van der Waals surface area contributed by atoms with E-state index in [1.807, 2.05) is 53.9 Å². The molecule has 2 aromatic carbocycles. The molecule has 29 heavy (non-hydrogen) atoms. The highest BCUT2D eigenvalue weighted by Gasteiger charge is 2.03. The summed E-state index contributed by atoms with van der Waals surface area (Å²) in [6, 6.07) is 21.5. The molecule has 6 heteroatoms. The summed E-state index contributed by atoms with van der Waals surface area (Å²) in [6.45, 7) is 1.49. The molecule has 0 amide bonds. The van der Waals surface area contributed by atoms with E-state index in [0.29, 0.717) is 17.9 Å². The largest absolute Gasteiger partial charge is 0.506 e. The molecule has 2 aromatic heterocycles. The fourth-order valence-electron chi connectivity index (χ4n) is 3.08. The predicted molar refractivity (Wildman–Crippen MR) is 120 cm³/mol. The molecular formula is C23H22N4OS. The maximum atomic E-state index is 9.95. The number of aromatic hydroxyl groups is 1. The number of rotatable bonds is 7. The average Bonchev–Trinajstić information content (AvgIpc) is 3.28. The van der Waals surface area contributed by atoms with Crippen LogP contribution in [0.25, 0.3) is 10.9 Å². The molecule has 4 aromatic rings. The van der Waals surface area contributed by atoms with Crippen molar-refractivity contribution in [1.29, 1.82) is 0 Å². The van der Waals surface area contributed by atoms with E-state index in [-0.39, 0.29) is 5.75 Å². The van der Waals surface area contributed by atoms with E-state index in [0.717, 1.165) is 34.6 Å². The highest BCUT2D eigenvalue weighted by atomic mass is 32.1. The molecule has 0 saturated heterocycles. The van der Waals surface area contributed by atoms with Crippen LogP contribution in [0.1, 0.15) is 16.1 Å². The smallest absolute Gasteiger partial charge is 0.141 e. The second-order valence-electron chi connectivity index (χ2n) is 6.72. The number of hydrogen-bond acceptors (Lipinski definition) is 5. The number of nitrogens with one attached hydrogen (secondary N) is 1. The number of nitrogens with two attached hydrogens (primary N) is 1. The lowest BCUT2D eigenvalue weighted by Gasteiger charge is -2.07. The zero-order chi connectivity index (χ0) is 20.1. The number of para-hydroxylation sites is 1. The Kier molecular flexibility index (Phi) is 5.84. The molecule has 146 valence electrons. The van der Waals surface area contributed by atoms with Crippen molar-refractivity contribution in [2.75, 3.05) is 6.54 Å². The zero-order valence-corrected chi connectivity index (χ0v) is 16.7. The van der Waals surface area contributed by atoms with Gasteiger partial charge >= 0.3 is 0 Å². The molecule has 0 fully saturated rings. The van der Waals surface area contributed by atoms with E-state index < -0.39 is 0 Å². The molecule has 0 spiro atoms. The summed E-state index contributed by atoms with van der Waals surface area (Å²) in [5, 5.41) is 16.3. The Morgan fingerprint density at radius 3 is 2.69 bits per heavy atom. The van der Waals surface area contributed by atoms with Crippen LogP contribution in [0.3, 0.4) is 0 Å². The third kappa shape index (κ3) is 4.80. The van der Waals surface area contributed by atoms with Crippen molar-refractivity contribution >= 4 is 33.8 Å². The van der Waals surface area contributed by atoms with Crippen molar-refractivity contribution in [3.05, 3.63) is 88.2 Å². The molecule has 4 rings (SSSR count). The molecule has 0 unspecified atom stereocenters. The monoisotopic (exact) mass is 402 g/mol. The van der Waals surface area contributed by atoms with Crippen LogP contribution in [0.5, 0.6) is 5.75 Å². The van der Waals surface area contributed by atoms with Crippen LogP contribution in [0, 0.1) is 0 Å². The molecular weight excluding hydrogens is 380 g/mol. The van der Waals surface area contributed by atoms with Crippen LogP contribution >= 0.6 is 11.3 Å². The van der Waals surface area contributed by atoms with E-state index in [2.05, 4.69) is 27.4 Å². The lowest BCUT2D eigenvalue weighted by Crippen LogP contribution is -2.17. The van der Waals surface area contributed by atoms with Gasteiger partial charge in [-0.1, -0.05) is 36.4 Å². The van der Waals surface area contributed by atoms with Crippen LogP contribution in [0.15, 0.2) is 77.1 Å². The summed E-state index contributed by atoms with van der Waals surface area (Å²) in [4.78, 5) is 9.99. The Balaban J connectivity index is 1.30. The van der Waals surface area contributed by atoms with Gasteiger partial charge in [0.25, 0.3) is 0 Å². The number of phenolic OH excluding ortho intramolecular Hbond substituents is 1. The van der Waals surface area contributed by atoms with Gasteiger partial charge in [-0.15, -0.1) is 11.3 Å². The summed E-state index contributed by atoms with van der Waals surface area (Å²) in [5.41, 5.74) is 9.68. The first kappa shape index (κ1) is 19.1. The van der Waals surface area contributed by atoms with Gasteiger partial charge in [0.2, 0.25) is 0 Å². The molecule has 0 aliphatic carbocycles. The summed E-state index contributed by atoms with van der Waals surface area (Å²) in [6.07, 6.45) is 0.906. The number of fused-ring (bicyclic) bond motifs is 1. The standard InChI is InChI=1S/C23H22N4OS/c24-23(21-5-2-14-29-21)27-18-9-6-16(7-10-18)12-13-25-15-19-11-8-17-3-1-4-20(28)22(17)26-19/h1-11,14,25,28H,12-13,15H2,(H2,24,27). The SMILES string of the molecule is N/C(=N\c1ccc(CCNCc2ccc3cccc(O)c3n2)cc1)c1cccs1. The number of nitrogens with zero attached hydrogens (tertiary/aromatic N) is 2. The van der Waals surface area contributed by atoms with Crippen molar-refractivity contribution in [2.24, 2.45) is 10.7 Å². The van der Waals surface area contributed by atoms with Crippen LogP contribution in [0.4, 0.5) is 5.69 Å². The molecule has 5 nitrogen and oxygen atoms in total. The minimum Gasteiger partial charge on any atom is -0.506 e. The van der Waals surface area contributed by atoms with Gasteiger partial charge in [0.15, 0.2) is 0 Å². The highest BCUT2D eigenvalue weighted by molar-refractivity contribution is 7.12. The number of hydrogen-bond donors (Lipinski definition) is 3. The maximum absolute atomic E-state index is 9.95. The average molecular weight is 403 g/mol. The van der Waals surface area contributed by atoms with Crippen LogP contribution < -0.4 is 11.1 Å². The quantitative estimate of drug-likeness (QED) is 0.243. The summed E-state index contributed by atoms with van der Waals surface area (Å²) in [5.74, 6) is 0.759. The number of amidine groups is 1. The second-order valence-corrected chi connectivity index (χ2v) is 7.67. The third-order valence-corrected chi connectivity index (χ3v) is 5.51. The lowest BCUT2D eigenvalue weighted by molar-refractivity contribution is 0.480. The second kappa shape index (κ2) is 8.86. The Labute approximate surface area is 173 Å². The molecule has 0 bridgehead atoms. The van der Waals surface area contributed by atoms with Gasteiger partial charge in [-0.2, -0.15) is 0 Å². The van der Waals surface area contributed by atoms with E-state index in [4.69, 9.17) is 5.73 Å². The molecule has 0 radical (unpaired) electrons. The first-order chi connectivity index (χ1) is 14.2. The van der Waals surface area contributed by atoms with Gasteiger partial charge in [-0.25, -0.2) is 9.98 Å². The number of aromatic nitrogens is 1. The van der Waals surface area contributed by atoms with Crippen molar-refractivity contribution in [3.63, 3.8) is 0 Å². The number of pyridine rings is 1. The highest BCUT2D eigenvalue weighted by Crippen LogP contribution is 2.22. The van der Waals surface area contributed by atoms with Gasteiger partial charge in [-0.3, -0.25) is 0 Å². The van der Waals surface area contributed by atoms with Gasteiger partial charge in [0.1, 0.15) is 17.1 Å².